The fraction of sp³-hybridized carbons (Fsp3) is 0.154. The molecule has 1 atom stereocenters. The Bertz CT molecular complexity index is 1170. The Hall–Kier alpha value is -3.66. The van der Waals surface area contributed by atoms with Gasteiger partial charge in [-0.25, -0.2) is 4.79 Å². The molecule has 0 unspecified atom stereocenters. The highest BCUT2D eigenvalue weighted by Crippen LogP contribution is 2.28. The summed E-state index contributed by atoms with van der Waals surface area (Å²) in [6.45, 7) is 2.01. The van der Waals surface area contributed by atoms with E-state index in [2.05, 4.69) is 11.4 Å². The van der Waals surface area contributed by atoms with Gasteiger partial charge in [0.1, 0.15) is 6.04 Å². The molecule has 0 bridgehead atoms. The predicted molar refractivity (Wildman–Crippen MR) is 120 cm³/mol. The number of esters is 1. The van der Waals surface area contributed by atoms with Gasteiger partial charge in [-0.15, -0.1) is 0 Å². The number of fused-ring (bicyclic) bond motifs is 2. The zero-order valence-corrected chi connectivity index (χ0v) is 17.0. The lowest BCUT2D eigenvalue weighted by molar-refractivity contribution is -0.142. The lowest BCUT2D eigenvalue weighted by Gasteiger charge is -2.18. The number of benzene rings is 4. The van der Waals surface area contributed by atoms with E-state index in [1.54, 1.807) is 0 Å². The highest BCUT2D eigenvalue weighted by molar-refractivity contribution is 6.18. The van der Waals surface area contributed by atoms with E-state index in [-0.39, 0.29) is 5.91 Å². The number of carbonyl (C=O) groups excluding carboxylic acids is 2. The summed E-state index contributed by atoms with van der Waals surface area (Å²) in [6, 6.07) is 24.8. The van der Waals surface area contributed by atoms with Gasteiger partial charge >= 0.3 is 5.97 Å². The largest absolute Gasteiger partial charge is 0.467 e. The molecular weight excluding hydrogens is 374 g/mol. The van der Waals surface area contributed by atoms with Crippen LogP contribution in [0.25, 0.3) is 21.5 Å². The van der Waals surface area contributed by atoms with Gasteiger partial charge in [0.25, 0.3) is 5.91 Å². The Balaban J connectivity index is 1.74. The maximum atomic E-state index is 13.4. The number of aryl methyl sites for hydroxylation is 1. The summed E-state index contributed by atoms with van der Waals surface area (Å²) in [5.41, 5.74) is 2.67. The molecule has 0 aliphatic rings. The van der Waals surface area contributed by atoms with Gasteiger partial charge in [-0.1, -0.05) is 78.4 Å². The standard InChI is InChI=1S/C26H23NO3/c1-17-11-13-18(14-12-17)15-23(26(29)30-2)27-25(28)24-21-9-5-3-7-19(21)16-20-8-4-6-10-22(20)24/h3-14,16,23H,15H2,1-2H3,(H,27,28)/t23-/m0/s1. The molecule has 0 heterocycles. The van der Waals surface area contributed by atoms with Gasteiger partial charge in [0.2, 0.25) is 0 Å². The Kier molecular flexibility index (Phi) is 5.48. The van der Waals surface area contributed by atoms with Gasteiger partial charge < -0.3 is 10.1 Å². The minimum atomic E-state index is -0.775. The van der Waals surface area contributed by atoms with Crippen LogP contribution in [0.2, 0.25) is 0 Å². The van der Waals surface area contributed by atoms with Crippen LogP contribution in [0.5, 0.6) is 0 Å². The first-order valence-electron chi connectivity index (χ1n) is 9.91. The maximum Gasteiger partial charge on any atom is 0.328 e. The highest BCUT2D eigenvalue weighted by atomic mass is 16.5. The zero-order valence-electron chi connectivity index (χ0n) is 17.0. The van der Waals surface area contributed by atoms with E-state index in [4.69, 9.17) is 4.74 Å². The lowest BCUT2D eigenvalue weighted by Crippen LogP contribution is -2.43. The molecule has 4 aromatic carbocycles. The second-order valence-electron chi connectivity index (χ2n) is 7.43. The quantitative estimate of drug-likeness (QED) is 0.388. The van der Waals surface area contributed by atoms with Crippen LogP contribution >= 0.6 is 0 Å². The van der Waals surface area contributed by atoms with Gasteiger partial charge in [-0.05, 0) is 40.1 Å². The molecule has 150 valence electrons. The van der Waals surface area contributed by atoms with Crippen LogP contribution in [0.1, 0.15) is 21.5 Å². The second-order valence-corrected chi connectivity index (χ2v) is 7.43. The smallest absolute Gasteiger partial charge is 0.328 e. The van der Waals surface area contributed by atoms with Crippen LogP contribution in [0.3, 0.4) is 0 Å². The molecule has 0 aromatic heterocycles. The van der Waals surface area contributed by atoms with Crippen LogP contribution in [-0.4, -0.2) is 25.0 Å². The number of ether oxygens (including phenoxy) is 1. The van der Waals surface area contributed by atoms with Crippen molar-refractivity contribution in [2.75, 3.05) is 7.11 Å². The first kappa shape index (κ1) is 19.6. The molecule has 30 heavy (non-hydrogen) atoms. The second kappa shape index (κ2) is 8.37. The number of carbonyl (C=O) groups is 2. The van der Waals surface area contributed by atoms with Gasteiger partial charge in [0, 0.05) is 6.42 Å². The van der Waals surface area contributed by atoms with E-state index < -0.39 is 12.0 Å². The van der Waals surface area contributed by atoms with E-state index >= 15 is 0 Å². The molecule has 4 aromatic rings. The molecule has 0 fully saturated rings. The SMILES string of the molecule is COC(=O)[C@H](Cc1ccc(C)cc1)NC(=O)c1c2ccccc2cc2ccccc12. The van der Waals surface area contributed by atoms with Crippen molar-refractivity contribution in [3.05, 3.63) is 95.6 Å². The fourth-order valence-corrected chi connectivity index (χ4v) is 3.78. The first-order chi connectivity index (χ1) is 14.6. The minimum absolute atomic E-state index is 0.287. The van der Waals surface area contributed by atoms with E-state index in [1.807, 2.05) is 79.7 Å². The fourth-order valence-electron chi connectivity index (χ4n) is 3.78. The average molecular weight is 397 g/mol. The van der Waals surface area contributed by atoms with Crippen LogP contribution in [0.4, 0.5) is 0 Å². The van der Waals surface area contributed by atoms with Crippen molar-refractivity contribution >= 4 is 33.4 Å². The lowest BCUT2D eigenvalue weighted by atomic mass is 9.95. The Morgan fingerprint density at radius 1 is 0.867 bits per heavy atom. The third-order valence-electron chi connectivity index (χ3n) is 5.35. The van der Waals surface area contributed by atoms with Crippen molar-refractivity contribution in [1.82, 2.24) is 5.32 Å². The third-order valence-corrected chi connectivity index (χ3v) is 5.35. The predicted octanol–water partition coefficient (Wildman–Crippen LogP) is 4.82. The molecule has 0 spiro atoms. The molecule has 0 saturated heterocycles. The summed E-state index contributed by atoms with van der Waals surface area (Å²) in [5, 5.41) is 6.59. The van der Waals surface area contributed by atoms with Crippen LogP contribution in [0.15, 0.2) is 78.9 Å². The van der Waals surface area contributed by atoms with Crippen LogP contribution in [0, 0.1) is 6.92 Å². The van der Waals surface area contributed by atoms with Crippen molar-refractivity contribution in [1.29, 1.82) is 0 Å². The van der Waals surface area contributed by atoms with Crippen molar-refractivity contribution in [2.45, 2.75) is 19.4 Å². The summed E-state index contributed by atoms with van der Waals surface area (Å²) in [4.78, 5) is 25.9. The van der Waals surface area contributed by atoms with Crippen molar-refractivity contribution in [3.8, 4) is 0 Å². The number of amides is 1. The molecule has 4 nitrogen and oxygen atoms in total. The molecular formula is C26H23NO3. The number of nitrogens with one attached hydrogen (secondary N) is 1. The number of hydrogen-bond acceptors (Lipinski definition) is 3. The van der Waals surface area contributed by atoms with Crippen LogP contribution < -0.4 is 5.32 Å². The molecule has 0 aliphatic heterocycles. The molecule has 4 heteroatoms. The summed E-state index contributed by atoms with van der Waals surface area (Å²) in [7, 11) is 1.34. The van der Waals surface area contributed by atoms with Gasteiger partial charge in [-0.3, -0.25) is 4.79 Å². The van der Waals surface area contributed by atoms with Crippen molar-refractivity contribution in [3.63, 3.8) is 0 Å². The molecule has 4 rings (SSSR count). The normalized spacial score (nSPS) is 11.9. The summed E-state index contributed by atoms with van der Waals surface area (Å²) in [5.74, 6) is -0.751. The average Bonchev–Trinajstić information content (AvgIpc) is 2.77. The highest BCUT2D eigenvalue weighted by Gasteiger charge is 2.24. The molecule has 0 saturated carbocycles. The van der Waals surface area contributed by atoms with E-state index in [0.717, 1.165) is 32.7 Å². The topological polar surface area (TPSA) is 55.4 Å². The molecule has 1 amide bonds. The van der Waals surface area contributed by atoms with Gasteiger partial charge in [-0.2, -0.15) is 0 Å². The molecule has 0 aliphatic carbocycles. The maximum absolute atomic E-state index is 13.4. The summed E-state index contributed by atoms with van der Waals surface area (Å²) in [6.07, 6.45) is 0.362. The van der Waals surface area contributed by atoms with Crippen molar-refractivity contribution < 1.29 is 14.3 Å². The Morgan fingerprint density at radius 3 is 2.00 bits per heavy atom. The minimum Gasteiger partial charge on any atom is -0.467 e. The first-order valence-corrected chi connectivity index (χ1v) is 9.91. The Labute approximate surface area is 175 Å². The van der Waals surface area contributed by atoms with Gasteiger partial charge in [0.15, 0.2) is 0 Å². The summed E-state index contributed by atoms with van der Waals surface area (Å²) < 4.78 is 4.97. The zero-order chi connectivity index (χ0) is 21.1. The third kappa shape index (κ3) is 3.90. The number of hydrogen-bond donors (Lipinski definition) is 1. The van der Waals surface area contributed by atoms with Crippen molar-refractivity contribution in [2.24, 2.45) is 0 Å². The van der Waals surface area contributed by atoms with E-state index in [9.17, 15) is 9.59 Å². The summed E-state index contributed by atoms with van der Waals surface area (Å²) >= 11 is 0. The molecule has 0 radical (unpaired) electrons. The number of rotatable bonds is 5. The number of methoxy groups -OCH3 is 1. The van der Waals surface area contributed by atoms with E-state index in [0.29, 0.717) is 12.0 Å². The Morgan fingerprint density at radius 2 is 1.43 bits per heavy atom. The van der Waals surface area contributed by atoms with Gasteiger partial charge in [0.05, 0.1) is 12.7 Å². The van der Waals surface area contributed by atoms with E-state index in [1.165, 1.54) is 7.11 Å². The van der Waals surface area contributed by atoms with Crippen LogP contribution in [-0.2, 0) is 16.0 Å². The molecule has 1 N–H and O–H groups in total. The monoisotopic (exact) mass is 397 g/mol.